The summed E-state index contributed by atoms with van der Waals surface area (Å²) in [7, 11) is 0. The second kappa shape index (κ2) is 6.42. The maximum atomic E-state index is 13.3. The van der Waals surface area contributed by atoms with Crippen LogP contribution in [0.3, 0.4) is 0 Å². The summed E-state index contributed by atoms with van der Waals surface area (Å²) in [4.78, 5) is 12.6. The van der Waals surface area contributed by atoms with Crippen LogP contribution in [0.25, 0.3) is 33.4 Å². The average Bonchev–Trinajstić information content (AvgIpc) is 3.18. The number of fused-ring (bicyclic) bond motifs is 1. The SMILES string of the molecule is CCn1c(=O)n(CC)c2cc(-c3c(N)n[nH]c3-c3ccc(F)cc3)ccc21. The van der Waals surface area contributed by atoms with Crippen molar-refractivity contribution >= 4 is 16.9 Å². The molecular formula is C20H20FN5O. The third-order valence-corrected chi connectivity index (χ3v) is 4.87. The van der Waals surface area contributed by atoms with E-state index in [4.69, 9.17) is 5.73 Å². The van der Waals surface area contributed by atoms with Crippen molar-refractivity contribution in [1.82, 2.24) is 19.3 Å². The van der Waals surface area contributed by atoms with Crippen molar-refractivity contribution in [2.24, 2.45) is 0 Å². The fraction of sp³-hybridized carbons (Fsp3) is 0.200. The van der Waals surface area contributed by atoms with Crippen LogP contribution >= 0.6 is 0 Å². The van der Waals surface area contributed by atoms with Crippen LogP contribution < -0.4 is 11.4 Å². The maximum Gasteiger partial charge on any atom is 0.329 e. The van der Waals surface area contributed by atoms with Gasteiger partial charge in [-0.15, -0.1) is 0 Å². The summed E-state index contributed by atoms with van der Waals surface area (Å²) < 4.78 is 16.8. The van der Waals surface area contributed by atoms with E-state index in [1.807, 2.05) is 32.0 Å². The van der Waals surface area contributed by atoms with Crippen molar-refractivity contribution in [2.45, 2.75) is 26.9 Å². The van der Waals surface area contributed by atoms with Crippen LogP contribution in [0.2, 0.25) is 0 Å². The van der Waals surface area contributed by atoms with Gasteiger partial charge in [-0.05, 0) is 55.8 Å². The number of hydrogen-bond donors (Lipinski definition) is 2. The second-order valence-electron chi connectivity index (χ2n) is 6.34. The van der Waals surface area contributed by atoms with E-state index < -0.39 is 0 Å². The normalized spacial score (nSPS) is 11.4. The van der Waals surface area contributed by atoms with Gasteiger partial charge in [-0.25, -0.2) is 9.18 Å². The van der Waals surface area contributed by atoms with Gasteiger partial charge in [0.15, 0.2) is 5.82 Å². The van der Waals surface area contributed by atoms with Crippen LogP contribution in [-0.4, -0.2) is 19.3 Å². The van der Waals surface area contributed by atoms with E-state index >= 15 is 0 Å². The molecule has 0 unspecified atom stereocenters. The zero-order chi connectivity index (χ0) is 19.1. The summed E-state index contributed by atoms with van der Waals surface area (Å²) >= 11 is 0. The van der Waals surface area contributed by atoms with Gasteiger partial charge in [0.05, 0.1) is 22.3 Å². The fourth-order valence-corrected chi connectivity index (χ4v) is 3.56. The van der Waals surface area contributed by atoms with E-state index in [9.17, 15) is 9.18 Å². The minimum atomic E-state index is -0.304. The monoisotopic (exact) mass is 365 g/mol. The molecule has 0 atom stereocenters. The molecule has 2 aromatic heterocycles. The molecule has 0 spiro atoms. The summed E-state index contributed by atoms with van der Waals surface area (Å²) in [6.45, 7) is 5.09. The Balaban J connectivity index is 1.95. The number of halogens is 1. The van der Waals surface area contributed by atoms with Gasteiger partial charge in [-0.2, -0.15) is 5.10 Å². The molecule has 0 aliphatic rings. The molecule has 4 aromatic rings. The summed E-state index contributed by atoms with van der Waals surface area (Å²) in [6.07, 6.45) is 0. The Hall–Kier alpha value is -3.35. The first kappa shape index (κ1) is 17.1. The van der Waals surface area contributed by atoms with Crippen molar-refractivity contribution in [3.8, 4) is 22.4 Å². The zero-order valence-corrected chi connectivity index (χ0v) is 15.2. The Morgan fingerprint density at radius 2 is 1.63 bits per heavy atom. The molecule has 0 aliphatic carbocycles. The van der Waals surface area contributed by atoms with Crippen molar-refractivity contribution in [3.05, 3.63) is 58.8 Å². The highest BCUT2D eigenvalue weighted by Gasteiger charge is 2.18. The Morgan fingerprint density at radius 1 is 1.00 bits per heavy atom. The average molecular weight is 365 g/mol. The number of benzene rings is 2. The molecule has 0 aliphatic heterocycles. The summed E-state index contributed by atoms with van der Waals surface area (Å²) in [5.41, 5.74) is 10.9. The minimum Gasteiger partial charge on any atom is -0.382 e. The smallest absolute Gasteiger partial charge is 0.329 e. The van der Waals surface area contributed by atoms with E-state index in [0.29, 0.717) is 24.6 Å². The van der Waals surface area contributed by atoms with E-state index in [1.165, 1.54) is 12.1 Å². The number of aromatic nitrogens is 4. The molecule has 27 heavy (non-hydrogen) atoms. The number of nitrogen functional groups attached to an aromatic ring is 1. The second-order valence-corrected chi connectivity index (χ2v) is 6.34. The first-order valence-electron chi connectivity index (χ1n) is 8.88. The van der Waals surface area contributed by atoms with Gasteiger partial charge in [0.2, 0.25) is 0 Å². The summed E-state index contributed by atoms with van der Waals surface area (Å²) in [5, 5.41) is 7.08. The molecule has 0 saturated heterocycles. The van der Waals surface area contributed by atoms with Crippen LogP contribution in [0.5, 0.6) is 0 Å². The number of nitrogens with two attached hydrogens (primary N) is 1. The lowest BCUT2D eigenvalue weighted by Crippen LogP contribution is -2.22. The lowest BCUT2D eigenvalue weighted by Gasteiger charge is -2.07. The van der Waals surface area contributed by atoms with Crippen LogP contribution in [-0.2, 0) is 13.1 Å². The molecular weight excluding hydrogens is 345 g/mol. The number of rotatable bonds is 4. The molecule has 3 N–H and O–H groups in total. The van der Waals surface area contributed by atoms with Gasteiger partial charge in [0, 0.05) is 18.7 Å². The lowest BCUT2D eigenvalue weighted by molar-refractivity contribution is 0.628. The number of hydrogen-bond acceptors (Lipinski definition) is 3. The minimum absolute atomic E-state index is 0.0222. The third-order valence-electron chi connectivity index (χ3n) is 4.87. The highest BCUT2D eigenvalue weighted by molar-refractivity contribution is 5.92. The molecule has 4 rings (SSSR count). The zero-order valence-electron chi connectivity index (χ0n) is 15.2. The lowest BCUT2D eigenvalue weighted by atomic mass is 10.0. The Bertz CT molecular complexity index is 1180. The first-order chi connectivity index (χ1) is 13.0. The van der Waals surface area contributed by atoms with E-state index in [-0.39, 0.29) is 11.5 Å². The quantitative estimate of drug-likeness (QED) is 0.579. The Labute approximate surface area is 155 Å². The maximum absolute atomic E-state index is 13.3. The molecule has 0 bridgehead atoms. The Morgan fingerprint density at radius 3 is 2.30 bits per heavy atom. The molecule has 138 valence electrons. The van der Waals surface area contributed by atoms with Gasteiger partial charge in [-0.3, -0.25) is 14.2 Å². The van der Waals surface area contributed by atoms with Gasteiger partial charge in [0.25, 0.3) is 0 Å². The number of aromatic amines is 1. The van der Waals surface area contributed by atoms with Gasteiger partial charge < -0.3 is 5.73 Å². The molecule has 0 amide bonds. The Kier molecular flexibility index (Phi) is 4.07. The number of nitrogens with one attached hydrogen (secondary N) is 1. The first-order valence-corrected chi connectivity index (χ1v) is 8.88. The van der Waals surface area contributed by atoms with Crippen molar-refractivity contribution < 1.29 is 4.39 Å². The number of anilines is 1. The molecule has 0 radical (unpaired) electrons. The largest absolute Gasteiger partial charge is 0.382 e. The van der Waals surface area contributed by atoms with E-state index in [1.54, 1.807) is 21.3 Å². The standard InChI is InChI=1S/C20H20FN5O/c1-3-25-15-10-7-13(11-16(15)26(4-2)20(25)27)17-18(23-24-19(17)22)12-5-8-14(21)9-6-12/h5-11H,3-4H2,1-2H3,(H3,22,23,24). The molecule has 0 saturated carbocycles. The fourth-order valence-electron chi connectivity index (χ4n) is 3.56. The number of aryl methyl sites for hydroxylation is 2. The summed E-state index contributed by atoms with van der Waals surface area (Å²) in [5.74, 6) is 0.0519. The van der Waals surface area contributed by atoms with Crippen molar-refractivity contribution in [1.29, 1.82) is 0 Å². The van der Waals surface area contributed by atoms with Crippen LogP contribution in [0, 0.1) is 5.82 Å². The van der Waals surface area contributed by atoms with Crippen molar-refractivity contribution in [3.63, 3.8) is 0 Å². The number of H-pyrrole nitrogens is 1. The number of nitrogens with zero attached hydrogens (tertiary/aromatic N) is 3. The molecule has 6 nitrogen and oxygen atoms in total. The molecule has 7 heteroatoms. The molecule has 0 fully saturated rings. The van der Waals surface area contributed by atoms with Crippen LogP contribution in [0.15, 0.2) is 47.3 Å². The third kappa shape index (κ3) is 2.63. The molecule has 2 heterocycles. The van der Waals surface area contributed by atoms with Crippen LogP contribution in [0.1, 0.15) is 13.8 Å². The van der Waals surface area contributed by atoms with Gasteiger partial charge in [0.1, 0.15) is 5.82 Å². The molecule has 2 aromatic carbocycles. The van der Waals surface area contributed by atoms with Crippen LogP contribution in [0.4, 0.5) is 10.2 Å². The van der Waals surface area contributed by atoms with E-state index in [0.717, 1.165) is 27.7 Å². The van der Waals surface area contributed by atoms with E-state index in [2.05, 4.69) is 10.2 Å². The number of imidazole rings is 1. The van der Waals surface area contributed by atoms with Gasteiger partial charge in [-0.1, -0.05) is 6.07 Å². The highest BCUT2D eigenvalue weighted by atomic mass is 19.1. The van der Waals surface area contributed by atoms with Gasteiger partial charge >= 0.3 is 5.69 Å². The topological polar surface area (TPSA) is 81.6 Å². The predicted molar refractivity (Wildman–Crippen MR) is 105 cm³/mol. The van der Waals surface area contributed by atoms with Crippen molar-refractivity contribution in [2.75, 3.05) is 5.73 Å². The summed E-state index contributed by atoms with van der Waals surface area (Å²) in [6, 6.07) is 12.0. The highest BCUT2D eigenvalue weighted by Crippen LogP contribution is 2.36. The predicted octanol–water partition coefficient (Wildman–Crippen LogP) is 3.62.